The molecular weight excluding hydrogens is 440 g/mol. The molecule has 2 aromatic rings. The molecule has 3 rings (SSSR count). The van der Waals surface area contributed by atoms with Crippen molar-refractivity contribution in [2.45, 2.75) is 58.3 Å². The summed E-state index contributed by atoms with van der Waals surface area (Å²) in [5.41, 5.74) is -1.63. The van der Waals surface area contributed by atoms with E-state index in [-0.39, 0.29) is 11.6 Å². The normalized spacial score (nSPS) is 19.8. The van der Waals surface area contributed by atoms with Crippen molar-refractivity contribution in [2.75, 3.05) is 0 Å². The minimum atomic E-state index is -1.05. The molecule has 26 heavy (non-hydrogen) atoms. The van der Waals surface area contributed by atoms with E-state index in [1.807, 2.05) is 6.92 Å². The Morgan fingerprint density at radius 2 is 1.81 bits per heavy atom. The van der Waals surface area contributed by atoms with Crippen LogP contribution in [0.3, 0.4) is 0 Å². The van der Waals surface area contributed by atoms with Gasteiger partial charge in [-0.15, -0.1) is 11.3 Å². The second kappa shape index (κ2) is 6.78. The van der Waals surface area contributed by atoms with Crippen LogP contribution in [0.4, 0.5) is 0 Å². The number of nitrogens with zero attached hydrogens (tertiary/aromatic N) is 2. The van der Waals surface area contributed by atoms with Crippen molar-refractivity contribution < 1.29 is 19.1 Å². The number of hydrogen-bond donors (Lipinski definition) is 0. The van der Waals surface area contributed by atoms with Crippen molar-refractivity contribution in [3.8, 4) is 5.19 Å². The molecule has 0 aromatic carbocycles. The van der Waals surface area contributed by atoms with Crippen LogP contribution in [0.5, 0.6) is 5.19 Å². The minimum Gasteiger partial charge on any atom is -0.464 e. The van der Waals surface area contributed by atoms with E-state index in [0.29, 0.717) is 17.5 Å². The molecule has 1 aliphatic heterocycles. The van der Waals surface area contributed by atoms with Gasteiger partial charge < -0.3 is 9.47 Å². The number of aromatic nitrogens is 2. The summed E-state index contributed by atoms with van der Waals surface area (Å²) in [5, 5.41) is 0.435. The molecule has 0 radical (unpaired) electrons. The van der Waals surface area contributed by atoms with Gasteiger partial charge in [0.25, 0.3) is 5.19 Å². The van der Waals surface area contributed by atoms with Gasteiger partial charge in [-0.2, -0.15) is 0 Å². The highest BCUT2D eigenvalue weighted by molar-refractivity contribution is 9.11. The first-order chi connectivity index (χ1) is 12.0. The molecule has 0 N–H and O–H groups in total. The van der Waals surface area contributed by atoms with Gasteiger partial charge in [0, 0.05) is 11.1 Å². The van der Waals surface area contributed by atoms with Gasteiger partial charge in [0.1, 0.15) is 23.7 Å². The van der Waals surface area contributed by atoms with Crippen molar-refractivity contribution in [1.29, 1.82) is 0 Å². The average molecular weight is 459 g/mol. The predicted molar refractivity (Wildman–Crippen MR) is 103 cm³/mol. The number of rotatable bonds is 4. The first-order valence-corrected chi connectivity index (χ1v) is 10.4. The minimum absolute atomic E-state index is 0.270. The summed E-state index contributed by atoms with van der Waals surface area (Å²) in [5.74, 6) is -1.47. The molecular formula is C17H19BrN2O4S2. The van der Waals surface area contributed by atoms with Crippen LogP contribution in [0.2, 0.25) is 0 Å². The van der Waals surface area contributed by atoms with E-state index in [0.717, 1.165) is 13.7 Å². The number of thiazole rings is 2. The van der Waals surface area contributed by atoms with Crippen LogP contribution in [-0.2, 0) is 20.9 Å². The summed E-state index contributed by atoms with van der Waals surface area (Å²) in [6.07, 6.45) is 1.73. The molecule has 1 aliphatic rings. The van der Waals surface area contributed by atoms with Gasteiger partial charge in [-0.1, -0.05) is 11.3 Å². The highest BCUT2D eigenvalue weighted by atomic mass is 79.9. The zero-order chi connectivity index (χ0) is 19.3. The summed E-state index contributed by atoms with van der Waals surface area (Å²) >= 11 is 6.12. The first kappa shape index (κ1) is 19.6. The van der Waals surface area contributed by atoms with Crippen LogP contribution in [0, 0.1) is 6.92 Å². The fourth-order valence-electron chi connectivity index (χ4n) is 3.00. The Labute approximate surface area is 168 Å². The van der Waals surface area contributed by atoms with Crippen LogP contribution in [0.25, 0.3) is 0 Å². The lowest BCUT2D eigenvalue weighted by molar-refractivity contribution is -0.184. The number of ketones is 2. The maximum Gasteiger partial charge on any atom is 0.274 e. The predicted octanol–water partition coefficient (Wildman–Crippen LogP) is 4.06. The van der Waals surface area contributed by atoms with E-state index in [9.17, 15) is 9.59 Å². The summed E-state index contributed by atoms with van der Waals surface area (Å²) in [4.78, 5) is 36.0. The van der Waals surface area contributed by atoms with Crippen LogP contribution in [0.15, 0.2) is 10.1 Å². The van der Waals surface area contributed by atoms with E-state index in [4.69, 9.17) is 9.47 Å². The molecule has 0 aliphatic carbocycles. The maximum atomic E-state index is 12.9. The van der Waals surface area contributed by atoms with Gasteiger partial charge in [0.15, 0.2) is 15.5 Å². The molecule has 0 saturated carbocycles. The fourth-order valence-corrected chi connectivity index (χ4v) is 5.06. The number of aryl methyl sites for hydroxylation is 1. The molecule has 0 spiro atoms. The van der Waals surface area contributed by atoms with E-state index < -0.39 is 17.1 Å². The SMILES string of the molecule is Cc1sc(OCc2cnc(Br)s2)nc1C1C(=O)C(C)(C)OC(C)(C)C1=O. The van der Waals surface area contributed by atoms with Crippen LogP contribution < -0.4 is 4.74 Å². The zero-order valence-electron chi connectivity index (χ0n) is 15.1. The average Bonchev–Trinajstić information content (AvgIpc) is 3.09. The Balaban J connectivity index is 1.87. The summed E-state index contributed by atoms with van der Waals surface area (Å²) < 4.78 is 12.2. The highest BCUT2D eigenvalue weighted by Crippen LogP contribution is 2.41. The lowest BCUT2D eigenvalue weighted by atomic mass is 9.76. The Morgan fingerprint density at radius 3 is 2.35 bits per heavy atom. The molecule has 1 saturated heterocycles. The zero-order valence-corrected chi connectivity index (χ0v) is 18.3. The smallest absolute Gasteiger partial charge is 0.274 e. The molecule has 9 heteroatoms. The van der Waals surface area contributed by atoms with Crippen molar-refractivity contribution in [1.82, 2.24) is 9.97 Å². The van der Waals surface area contributed by atoms with Crippen LogP contribution in [0.1, 0.15) is 49.1 Å². The van der Waals surface area contributed by atoms with Crippen molar-refractivity contribution in [3.63, 3.8) is 0 Å². The monoisotopic (exact) mass is 458 g/mol. The lowest BCUT2D eigenvalue weighted by Crippen LogP contribution is -2.58. The van der Waals surface area contributed by atoms with E-state index in [1.54, 1.807) is 33.9 Å². The molecule has 140 valence electrons. The third-order valence-electron chi connectivity index (χ3n) is 4.17. The standard InChI is InChI=1S/C17H19BrN2O4S2/c1-8-11(10-12(21)16(2,3)24-17(4,5)13(10)22)20-15(25-8)23-7-9-6-19-14(18)26-9/h6,10H,7H2,1-5H3. The van der Waals surface area contributed by atoms with E-state index in [2.05, 4.69) is 25.9 Å². The maximum absolute atomic E-state index is 12.9. The van der Waals surface area contributed by atoms with Crippen LogP contribution in [-0.4, -0.2) is 32.7 Å². The highest BCUT2D eigenvalue weighted by Gasteiger charge is 2.54. The van der Waals surface area contributed by atoms with Crippen molar-refractivity contribution in [3.05, 3.63) is 25.6 Å². The second-order valence-electron chi connectivity index (χ2n) is 7.07. The second-order valence-corrected chi connectivity index (χ2v) is 10.6. The molecule has 0 atom stereocenters. The number of carbonyl (C=O) groups is 2. The molecule has 0 bridgehead atoms. The summed E-state index contributed by atoms with van der Waals surface area (Å²) in [7, 11) is 0. The van der Waals surface area contributed by atoms with Gasteiger partial charge in [-0.3, -0.25) is 9.59 Å². The lowest BCUT2D eigenvalue weighted by Gasteiger charge is -2.42. The van der Waals surface area contributed by atoms with Gasteiger partial charge >= 0.3 is 0 Å². The number of halogens is 1. The Morgan fingerprint density at radius 1 is 1.19 bits per heavy atom. The number of Topliss-reactive ketones (excluding diaryl/α,β-unsaturated/α-hetero) is 2. The van der Waals surface area contributed by atoms with Gasteiger partial charge in [0.05, 0.1) is 10.6 Å². The Kier molecular flexibility index (Phi) is 5.11. The first-order valence-electron chi connectivity index (χ1n) is 8.00. The topological polar surface area (TPSA) is 78.4 Å². The van der Waals surface area contributed by atoms with Crippen molar-refractivity contribution in [2.24, 2.45) is 0 Å². The Bertz CT molecular complexity index is 846. The molecule has 0 unspecified atom stereocenters. The number of ether oxygens (including phenoxy) is 2. The molecule has 6 nitrogen and oxygen atoms in total. The molecule has 0 amide bonds. The van der Waals surface area contributed by atoms with Crippen LogP contribution >= 0.6 is 38.6 Å². The number of carbonyl (C=O) groups excluding carboxylic acids is 2. The molecule has 2 aromatic heterocycles. The van der Waals surface area contributed by atoms with E-state index >= 15 is 0 Å². The third kappa shape index (κ3) is 3.62. The third-order valence-corrected chi connectivity index (χ3v) is 6.52. The number of hydrogen-bond acceptors (Lipinski definition) is 8. The summed E-state index contributed by atoms with van der Waals surface area (Å²) in [6, 6.07) is 0. The van der Waals surface area contributed by atoms with Gasteiger partial charge in [0.2, 0.25) is 0 Å². The Hall–Kier alpha value is -1.16. The quantitative estimate of drug-likeness (QED) is 0.642. The molecule has 1 fully saturated rings. The van der Waals surface area contributed by atoms with Gasteiger partial charge in [-0.25, -0.2) is 9.97 Å². The van der Waals surface area contributed by atoms with E-state index in [1.165, 1.54) is 22.7 Å². The summed E-state index contributed by atoms with van der Waals surface area (Å²) in [6.45, 7) is 8.95. The largest absolute Gasteiger partial charge is 0.464 e. The fraction of sp³-hybridized carbons (Fsp3) is 0.529. The van der Waals surface area contributed by atoms with Crippen molar-refractivity contribution >= 4 is 50.2 Å². The molecule has 3 heterocycles. The van der Waals surface area contributed by atoms with Gasteiger partial charge in [-0.05, 0) is 50.5 Å².